The molecule has 0 aliphatic carbocycles. The van der Waals surface area contributed by atoms with Crippen molar-refractivity contribution in [3.05, 3.63) is 36.5 Å². The number of aliphatic hydroxyl groups excluding tert-OH is 1. The molecule has 3 nitrogen and oxygen atoms in total. The third kappa shape index (κ3) is 15.4. The van der Waals surface area contributed by atoms with Crippen molar-refractivity contribution >= 4 is 17.7 Å². The summed E-state index contributed by atoms with van der Waals surface area (Å²) in [4.78, 5) is 10.9. The molecule has 1 N–H and O–H groups in total. The highest BCUT2D eigenvalue weighted by Crippen LogP contribution is 2.09. The molecule has 1 atom stereocenters. The Hall–Kier alpha value is -1.00. The highest BCUT2D eigenvalue weighted by molar-refractivity contribution is 7.99. The van der Waals surface area contributed by atoms with E-state index in [2.05, 4.69) is 42.0 Å². The largest absolute Gasteiger partial charge is 0.469 e. The Morgan fingerprint density at radius 3 is 2.36 bits per heavy atom. The smallest absolute Gasteiger partial charge is 0.306 e. The van der Waals surface area contributed by atoms with Gasteiger partial charge in [0.25, 0.3) is 0 Å². The second-order valence-corrected chi connectivity index (χ2v) is 6.14. The zero-order valence-corrected chi connectivity index (χ0v) is 14.7. The summed E-state index contributed by atoms with van der Waals surface area (Å²) in [5, 5.41) is 9.82. The van der Waals surface area contributed by atoms with Crippen LogP contribution in [0.2, 0.25) is 0 Å². The first-order valence-electron chi connectivity index (χ1n) is 7.98. The first kappa shape index (κ1) is 21.0. The van der Waals surface area contributed by atoms with Gasteiger partial charge in [0, 0.05) is 5.75 Å². The average Bonchev–Trinajstić information content (AvgIpc) is 2.52. The maximum Gasteiger partial charge on any atom is 0.306 e. The normalized spacial score (nSPS) is 13.4. The van der Waals surface area contributed by atoms with Gasteiger partial charge >= 0.3 is 5.97 Å². The standard InChI is InChI=1S/C18H30O3S/c1-3-4-5-6-7-8-9-10-11-12-17(19)13-15-22-16-14-18(20)21-2/h4-5,7-8,10-11,17,19H,3,6,9,12-16H2,1-2H3/b5-4-,8-7-,11-10-. The number of thioether (sulfide) groups is 1. The summed E-state index contributed by atoms with van der Waals surface area (Å²) < 4.78 is 4.57. The fourth-order valence-electron chi connectivity index (χ4n) is 1.66. The molecule has 0 heterocycles. The van der Waals surface area contributed by atoms with Crippen molar-refractivity contribution in [3.63, 3.8) is 0 Å². The van der Waals surface area contributed by atoms with E-state index in [1.165, 1.54) is 7.11 Å². The van der Waals surface area contributed by atoms with Gasteiger partial charge < -0.3 is 9.84 Å². The molecular weight excluding hydrogens is 296 g/mol. The molecule has 0 rings (SSSR count). The first-order chi connectivity index (χ1) is 10.7. The van der Waals surface area contributed by atoms with Gasteiger partial charge in [0.05, 0.1) is 19.6 Å². The predicted octanol–water partition coefficient (Wildman–Crippen LogP) is 4.28. The van der Waals surface area contributed by atoms with E-state index in [-0.39, 0.29) is 12.1 Å². The second-order valence-electron chi connectivity index (χ2n) is 4.91. The van der Waals surface area contributed by atoms with E-state index < -0.39 is 0 Å². The fraction of sp³-hybridized carbons (Fsp3) is 0.611. The number of carbonyl (C=O) groups excluding carboxylic acids is 1. The molecule has 0 saturated carbocycles. The predicted molar refractivity (Wildman–Crippen MR) is 96.1 cm³/mol. The van der Waals surface area contributed by atoms with Gasteiger partial charge in [0.1, 0.15) is 0 Å². The minimum absolute atomic E-state index is 0.172. The molecular formula is C18H30O3S. The van der Waals surface area contributed by atoms with Crippen molar-refractivity contribution < 1.29 is 14.6 Å². The number of hydrogen-bond donors (Lipinski definition) is 1. The van der Waals surface area contributed by atoms with Crippen molar-refractivity contribution in [3.8, 4) is 0 Å². The topological polar surface area (TPSA) is 46.5 Å². The van der Waals surface area contributed by atoms with Crippen molar-refractivity contribution in [2.24, 2.45) is 0 Å². The zero-order chi connectivity index (χ0) is 16.5. The summed E-state index contributed by atoms with van der Waals surface area (Å²) >= 11 is 1.68. The van der Waals surface area contributed by atoms with Crippen LogP contribution in [0, 0.1) is 0 Å². The van der Waals surface area contributed by atoms with E-state index in [9.17, 15) is 9.90 Å². The molecule has 0 fully saturated rings. The Bertz CT molecular complexity index is 348. The number of hydrogen-bond acceptors (Lipinski definition) is 4. The quantitative estimate of drug-likeness (QED) is 0.312. The number of aliphatic hydroxyl groups is 1. The molecule has 0 aliphatic rings. The minimum atomic E-state index is -0.293. The number of ether oxygens (including phenoxy) is 1. The van der Waals surface area contributed by atoms with Crippen LogP contribution in [0.4, 0.5) is 0 Å². The Balaban J connectivity index is 3.48. The van der Waals surface area contributed by atoms with E-state index >= 15 is 0 Å². The number of carbonyl (C=O) groups is 1. The molecule has 0 aromatic rings. The average molecular weight is 327 g/mol. The van der Waals surface area contributed by atoms with E-state index in [4.69, 9.17) is 0 Å². The van der Waals surface area contributed by atoms with Crippen molar-refractivity contribution in [1.82, 2.24) is 0 Å². The lowest BCUT2D eigenvalue weighted by molar-refractivity contribution is -0.140. The highest BCUT2D eigenvalue weighted by atomic mass is 32.2. The molecule has 0 saturated heterocycles. The number of rotatable bonds is 13. The van der Waals surface area contributed by atoms with Crippen LogP contribution in [0.3, 0.4) is 0 Å². The van der Waals surface area contributed by atoms with Gasteiger partial charge in [-0.25, -0.2) is 0 Å². The van der Waals surface area contributed by atoms with Crippen LogP contribution < -0.4 is 0 Å². The Kier molecular flexibility index (Phi) is 15.6. The van der Waals surface area contributed by atoms with Gasteiger partial charge in [0.15, 0.2) is 0 Å². The molecule has 0 bridgehead atoms. The summed E-state index contributed by atoms with van der Waals surface area (Å²) in [5.41, 5.74) is 0. The van der Waals surface area contributed by atoms with E-state index in [0.29, 0.717) is 12.8 Å². The molecule has 0 aliphatic heterocycles. The summed E-state index contributed by atoms with van der Waals surface area (Å²) in [6.07, 6.45) is 17.4. The van der Waals surface area contributed by atoms with E-state index in [1.807, 2.05) is 6.08 Å². The maximum absolute atomic E-state index is 10.9. The van der Waals surface area contributed by atoms with Gasteiger partial charge in [-0.15, -0.1) is 0 Å². The fourth-order valence-corrected chi connectivity index (χ4v) is 2.61. The summed E-state index contributed by atoms with van der Waals surface area (Å²) in [7, 11) is 1.40. The maximum atomic E-state index is 10.9. The molecule has 4 heteroatoms. The third-order valence-electron chi connectivity index (χ3n) is 2.96. The first-order valence-corrected chi connectivity index (χ1v) is 9.13. The van der Waals surface area contributed by atoms with Gasteiger partial charge in [0.2, 0.25) is 0 Å². The van der Waals surface area contributed by atoms with Crippen LogP contribution in [0.5, 0.6) is 0 Å². The van der Waals surface area contributed by atoms with E-state index in [0.717, 1.165) is 37.2 Å². The van der Waals surface area contributed by atoms with Crippen molar-refractivity contribution in [2.45, 2.75) is 51.6 Å². The molecule has 22 heavy (non-hydrogen) atoms. The van der Waals surface area contributed by atoms with Crippen LogP contribution in [-0.2, 0) is 9.53 Å². The molecule has 0 aromatic heterocycles. The molecule has 0 amide bonds. The second kappa shape index (κ2) is 16.4. The number of allylic oxidation sites excluding steroid dienone is 5. The minimum Gasteiger partial charge on any atom is -0.469 e. The summed E-state index contributed by atoms with van der Waals surface area (Å²) in [6, 6.07) is 0. The lowest BCUT2D eigenvalue weighted by Gasteiger charge is -2.07. The Labute approximate surface area is 139 Å². The van der Waals surface area contributed by atoms with Gasteiger partial charge in [-0.2, -0.15) is 11.8 Å². The number of esters is 1. The van der Waals surface area contributed by atoms with E-state index in [1.54, 1.807) is 11.8 Å². The number of methoxy groups -OCH3 is 1. The molecule has 126 valence electrons. The third-order valence-corrected chi connectivity index (χ3v) is 3.98. The summed E-state index contributed by atoms with van der Waals surface area (Å²) in [6.45, 7) is 2.13. The SMILES string of the molecule is CC/C=C\C/C=C\C/C=C\CC(O)CCSCCC(=O)OC. The van der Waals surface area contributed by atoms with Crippen molar-refractivity contribution in [2.75, 3.05) is 18.6 Å². The molecule has 0 aromatic carbocycles. The molecule has 1 unspecified atom stereocenters. The molecule has 0 radical (unpaired) electrons. The van der Waals surface area contributed by atoms with Gasteiger partial charge in [-0.05, 0) is 37.9 Å². The molecule has 0 spiro atoms. The Morgan fingerprint density at radius 1 is 1.09 bits per heavy atom. The monoisotopic (exact) mass is 326 g/mol. The lowest BCUT2D eigenvalue weighted by Crippen LogP contribution is -2.07. The van der Waals surface area contributed by atoms with Crippen LogP contribution in [-0.4, -0.2) is 35.8 Å². The van der Waals surface area contributed by atoms with Crippen LogP contribution >= 0.6 is 11.8 Å². The van der Waals surface area contributed by atoms with Gasteiger partial charge in [-0.3, -0.25) is 4.79 Å². The van der Waals surface area contributed by atoms with Crippen LogP contribution in [0.1, 0.15) is 45.4 Å². The van der Waals surface area contributed by atoms with Crippen LogP contribution in [0.25, 0.3) is 0 Å². The van der Waals surface area contributed by atoms with Gasteiger partial charge in [-0.1, -0.05) is 43.4 Å². The van der Waals surface area contributed by atoms with Crippen molar-refractivity contribution in [1.29, 1.82) is 0 Å². The summed E-state index contributed by atoms with van der Waals surface area (Å²) in [5.74, 6) is 1.46. The van der Waals surface area contributed by atoms with Crippen LogP contribution in [0.15, 0.2) is 36.5 Å². The lowest BCUT2D eigenvalue weighted by atomic mass is 10.2. The zero-order valence-electron chi connectivity index (χ0n) is 13.9. The highest BCUT2D eigenvalue weighted by Gasteiger charge is 2.03. The Morgan fingerprint density at radius 2 is 1.73 bits per heavy atom.